The largest absolute Gasteiger partial charge is 0.385 e. The second-order valence-corrected chi connectivity index (χ2v) is 2.85. The SMILES string of the molecule is CCOC(OCC)[C@@H](O)C(O)C[N+](=O)[O-]. The van der Waals surface area contributed by atoms with Crippen molar-refractivity contribution in [3.05, 3.63) is 10.1 Å². The van der Waals surface area contributed by atoms with E-state index in [0.717, 1.165) is 0 Å². The maximum Gasteiger partial charge on any atom is 0.232 e. The monoisotopic (exact) mass is 223 g/mol. The topological polar surface area (TPSA) is 102 Å². The van der Waals surface area contributed by atoms with Crippen molar-refractivity contribution >= 4 is 0 Å². The van der Waals surface area contributed by atoms with E-state index in [-0.39, 0.29) is 13.2 Å². The van der Waals surface area contributed by atoms with Gasteiger partial charge in [-0.15, -0.1) is 0 Å². The quantitative estimate of drug-likeness (QED) is 0.323. The van der Waals surface area contributed by atoms with Gasteiger partial charge in [0.15, 0.2) is 6.29 Å². The number of rotatable bonds is 8. The lowest BCUT2D eigenvalue weighted by atomic mass is 10.2. The van der Waals surface area contributed by atoms with Gasteiger partial charge in [0.05, 0.1) is 0 Å². The predicted octanol–water partition coefficient (Wildman–Crippen LogP) is -0.616. The van der Waals surface area contributed by atoms with E-state index in [1.54, 1.807) is 13.8 Å². The van der Waals surface area contributed by atoms with Gasteiger partial charge in [-0.2, -0.15) is 0 Å². The van der Waals surface area contributed by atoms with E-state index in [4.69, 9.17) is 9.47 Å². The van der Waals surface area contributed by atoms with Crippen molar-refractivity contribution in [2.75, 3.05) is 19.8 Å². The molecule has 0 radical (unpaired) electrons. The van der Waals surface area contributed by atoms with Gasteiger partial charge in [-0.1, -0.05) is 0 Å². The van der Waals surface area contributed by atoms with Crippen LogP contribution in [-0.2, 0) is 9.47 Å². The maximum atomic E-state index is 10.1. The van der Waals surface area contributed by atoms with Crippen molar-refractivity contribution in [3.8, 4) is 0 Å². The Morgan fingerprint density at radius 1 is 1.27 bits per heavy atom. The van der Waals surface area contributed by atoms with Crippen molar-refractivity contribution in [1.82, 2.24) is 0 Å². The molecule has 0 bridgehead atoms. The average molecular weight is 223 g/mol. The van der Waals surface area contributed by atoms with Crippen LogP contribution in [0, 0.1) is 10.1 Å². The predicted molar refractivity (Wildman–Crippen MR) is 50.9 cm³/mol. The Labute approximate surface area is 87.8 Å². The zero-order valence-electron chi connectivity index (χ0n) is 8.83. The number of hydrogen-bond donors (Lipinski definition) is 2. The number of nitrogens with zero attached hydrogens (tertiary/aromatic N) is 1. The Bertz CT molecular complexity index is 182. The Hall–Kier alpha value is -0.760. The summed E-state index contributed by atoms with van der Waals surface area (Å²) in [4.78, 5) is 9.40. The Morgan fingerprint density at radius 2 is 1.73 bits per heavy atom. The molecule has 0 aromatic carbocycles. The molecule has 1 unspecified atom stereocenters. The lowest BCUT2D eigenvalue weighted by molar-refractivity contribution is -0.494. The fraction of sp³-hybridized carbons (Fsp3) is 1.00. The molecule has 7 heteroatoms. The van der Waals surface area contributed by atoms with Gasteiger partial charge in [-0.3, -0.25) is 10.1 Å². The summed E-state index contributed by atoms with van der Waals surface area (Å²) in [5.41, 5.74) is 0. The standard InChI is InChI=1S/C8H17NO6/c1-3-14-8(15-4-2)7(11)6(10)5-9(12)13/h6-8,10-11H,3-5H2,1-2H3/t6?,7-/m0/s1. The second kappa shape index (κ2) is 7.52. The highest BCUT2D eigenvalue weighted by atomic mass is 16.7. The van der Waals surface area contributed by atoms with Crippen molar-refractivity contribution in [2.24, 2.45) is 0 Å². The first-order valence-electron chi connectivity index (χ1n) is 4.74. The van der Waals surface area contributed by atoms with E-state index >= 15 is 0 Å². The van der Waals surface area contributed by atoms with Gasteiger partial charge in [0, 0.05) is 18.1 Å². The van der Waals surface area contributed by atoms with Crippen molar-refractivity contribution < 1.29 is 24.6 Å². The molecular formula is C8H17NO6. The molecule has 0 heterocycles. The van der Waals surface area contributed by atoms with Crippen LogP contribution in [0.15, 0.2) is 0 Å². The van der Waals surface area contributed by atoms with Crippen LogP contribution in [0.2, 0.25) is 0 Å². The molecule has 0 aromatic heterocycles. The highest BCUT2D eigenvalue weighted by Gasteiger charge is 2.30. The number of aliphatic hydroxyl groups excluding tert-OH is 2. The number of aliphatic hydroxyl groups is 2. The molecule has 2 atom stereocenters. The number of nitro groups is 1. The molecule has 0 spiro atoms. The molecule has 2 N–H and O–H groups in total. The van der Waals surface area contributed by atoms with Crippen LogP contribution in [0.5, 0.6) is 0 Å². The summed E-state index contributed by atoms with van der Waals surface area (Å²) in [5, 5.41) is 28.8. The van der Waals surface area contributed by atoms with Gasteiger partial charge in [0.2, 0.25) is 6.54 Å². The van der Waals surface area contributed by atoms with Crippen molar-refractivity contribution in [1.29, 1.82) is 0 Å². The third kappa shape index (κ3) is 5.63. The minimum absolute atomic E-state index is 0.285. The summed E-state index contributed by atoms with van der Waals surface area (Å²) < 4.78 is 9.98. The van der Waals surface area contributed by atoms with Crippen LogP contribution in [0.4, 0.5) is 0 Å². The highest BCUT2D eigenvalue weighted by molar-refractivity contribution is 4.70. The summed E-state index contributed by atoms with van der Waals surface area (Å²) in [6, 6.07) is 0. The van der Waals surface area contributed by atoms with Gasteiger partial charge in [-0.05, 0) is 13.8 Å². The Kier molecular flexibility index (Phi) is 7.14. The first kappa shape index (κ1) is 14.2. The lowest BCUT2D eigenvalue weighted by Crippen LogP contribution is -2.44. The highest BCUT2D eigenvalue weighted by Crippen LogP contribution is 2.07. The lowest BCUT2D eigenvalue weighted by Gasteiger charge is -2.24. The molecule has 0 aromatic rings. The van der Waals surface area contributed by atoms with Gasteiger partial charge in [0.25, 0.3) is 0 Å². The first-order chi connectivity index (χ1) is 7.02. The molecule has 0 fully saturated rings. The molecule has 15 heavy (non-hydrogen) atoms. The molecule has 0 aliphatic rings. The van der Waals surface area contributed by atoms with E-state index < -0.39 is 30.0 Å². The molecular weight excluding hydrogens is 206 g/mol. The summed E-state index contributed by atoms with van der Waals surface area (Å²) in [6.07, 6.45) is -3.95. The molecule has 0 saturated heterocycles. The van der Waals surface area contributed by atoms with Crippen LogP contribution in [-0.4, -0.2) is 53.4 Å². The van der Waals surface area contributed by atoms with Crippen LogP contribution < -0.4 is 0 Å². The van der Waals surface area contributed by atoms with Gasteiger partial charge in [0.1, 0.15) is 12.2 Å². The third-order valence-corrected chi connectivity index (χ3v) is 1.67. The zero-order chi connectivity index (χ0) is 11.8. The van der Waals surface area contributed by atoms with Crippen LogP contribution in [0.25, 0.3) is 0 Å². The minimum atomic E-state index is -1.50. The van der Waals surface area contributed by atoms with Crippen molar-refractivity contribution in [3.63, 3.8) is 0 Å². The first-order valence-corrected chi connectivity index (χ1v) is 4.74. The maximum absolute atomic E-state index is 10.1. The number of hydrogen-bond acceptors (Lipinski definition) is 6. The van der Waals surface area contributed by atoms with E-state index in [2.05, 4.69) is 0 Å². The Balaban J connectivity index is 4.19. The number of ether oxygens (including phenoxy) is 2. The van der Waals surface area contributed by atoms with E-state index in [9.17, 15) is 20.3 Å². The molecule has 0 saturated carbocycles. The van der Waals surface area contributed by atoms with Crippen LogP contribution in [0.1, 0.15) is 13.8 Å². The molecule has 0 aliphatic heterocycles. The summed E-state index contributed by atoms with van der Waals surface area (Å²) >= 11 is 0. The summed E-state index contributed by atoms with van der Waals surface area (Å²) in [5.74, 6) is 0. The van der Waals surface area contributed by atoms with E-state index in [1.165, 1.54) is 0 Å². The summed E-state index contributed by atoms with van der Waals surface area (Å²) in [7, 11) is 0. The molecule has 0 rings (SSSR count). The second-order valence-electron chi connectivity index (χ2n) is 2.85. The van der Waals surface area contributed by atoms with Gasteiger partial charge < -0.3 is 19.7 Å². The third-order valence-electron chi connectivity index (χ3n) is 1.67. The van der Waals surface area contributed by atoms with E-state index in [0.29, 0.717) is 0 Å². The van der Waals surface area contributed by atoms with Crippen LogP contribution in [0.3, 0.4) is 0 Å². The average Bonchev–Trinajstić information content (AvgIpc) is 2.15. The van der Waals surface area contributed by atoms with Gasteiger partial charge in [-0.25, -0.2) is 0 Å². The minimum Gasteiger partial charge on any atom is -0.385 e. The normalized spacial score (nSPS) is 15.3. The fourth-order valence-corrected chi connectivity index (χ4v) is 1.02. The fourth-order valence-electron chi connectivity index (χ4n) is 1.02. The zero-order valence-corrected chi connectivity index (χ0v) is 8.83. The van der Waals surface area contributed by atoms with E-state index in [1.807, 2.05) is 0 Å². The molecule has 0 amide bonds. The van der Waals surface area contributed by atoms with Crippen LogP contribution >= 0.6 is 0 Å². The smallest absolute Gasteiger partial charge is 0.232 e. The van der Waals surface area contributed by atoms with Gasteiger partial charge >= 0.3 is 0 Å². The molecule has 7 nitrogen and oxygen atoms in total. The van der Waals surface area contributed by atoms with Crippen molar-refractivity contribution in [2.45, 2.75) is 32.3 Å². The Morgan fingerprint density at radius 3 is 2.07 bits per heavy atom. The summed E-state index contributed by atoms with van der Waals surface area (Å²) in [6.45, 7) is 3.22. The molecule has 90 valence electrons. The molecule has 0 aliphatic carbocycles.